The molecular formula is C25H16BrN3O2. The molecule has 2 N–H and O–H groups in total. The fraction of sp³-hybridized carbons (Fsp3) is 0. The number of aromatic nitrogens is 3. The number of nitrogens with zero attached hydrogens (tertiary/aromatic N) is 1. The molecule has 0 atom stereocenters. The van der Waals surface area contributed by atoms with Crippen LogP contribution in [-0.2, 0) is 0 Å². The smallest absolute Gasteiger partial charge is 0.260 e. The number of para-hydroxylation sites is 2. The van der Waals surface area contributed by atoms with E-state index in [0.29, 0.717) is 16.9 Å². The summed E-state index contributed by atoms with van der Waals surface area (Å²) in [7, 11) is 0. The third kappa shape index (κ3) is 3.62. The van der Waals surface area contributed by atoms with E-state index >= 15 is 0 Å². The van der Waals surface area contributed by atoms with E-state index in [4.69, 9.17) is 0 Å². The molecule has 150 valence electrons. The third-order valence-corrected chi connectivity index (χ3v) is 5.58. The van der Waals surface area contributed by atoms with E-state index in [-0.39, 0.29) is 11.3 Å². The molecule has 0 saturated heterocycles. The highest BCUT2D eigenvalue weighted by atomic mass is 79.9. The average molecular weight is 470 g/mol. The Bertz CT molecular complexity index is 1500. The highest BCUT2D eigenvalue weighted by Gasteiger charge is 2.19. The van der Waals surface area contributed by atoms with Crippen molar-refractivity contribution in [2.75, 3.05) is 0 Å². The van der Waals surface area contributed by atoms with E-state index in [1.165, 1.54) is 6.08 Å². The van der Waals surface area contributed by atoms with Crippen molar-refractivity contribution < 1.29 is 4.79 Å². The summed E-state index contributed by atoms with van der Waals surface area (Å²) in [5, 5.41) is 0.792. The minimum atomic E-state index is -0.423. The first-order chi connectivity index (χ1) is 15.1. The molecule has 0 unspecified atom stereocenters. The lowest BCUT2D eigenvalue weighted by Gasteiger charge is -2.11. The van der Waals surface area contributed by atoms with Gasteiger partial charge in [-0.25, -0.2) is 4.98 Å². The van der Waals surface area contributed by atoms with Gasteiger partial charge in [0.1, 0.15) is 5.82 Å². The number of pyridine rings is 1. The van der Waals surface area contributed by atoms with Gasteiger partial charge < -0.3 is 9.97 Å². The number of imidazole rings is 1. The van der Waals surface area contributed by atoms with Gasteiger partial charge in [0.05, 0.1) is 16.6 Å². The molecule has 6 heteroatoms. The summed E-state index contributed by atoms with van der Waals surface area (Å²) in [6.45, 7) is 0. The number of H-pyrrole nitrogens is 2. The molecular weight excluding hydrogens is 454 g/mol. The van der Waals surface area contributed by atoms with Crippen LogP contribution in [0.1, 0.15) is 16.2 Å². The van der Waals surface area contributed by atoms with Crippen molar-refractivity contribution in [1.29, 1.82) is 0 Å². The molecule has 0 amide bonds. The summed E-state index contributed by atoms with van der Waals surface area (Å²) < 4.78 is 0.862. The Morgan fingerprint density at radius 1 is 0.903 bits per heavy atom. The maximum atomic E-state index is 13.2. The van der Waals surface area contributed by atoms with Crippen molar-refractivity contribution in [3.8, 4) is 11.1 Å². The Morgan fingerprint density at radius 2 is 1.68 bits per heavy atom. The zero-order chi connectivity index (χ0) is 21.4. The number of carbonyl (C=O) groups excluding carboxylic acids is 1. The van der Waals surface area contributed by atoms with E-state index < -0.39 is 5.56 Å². The lowest BCUT2D eigenvalue weighted by Crippen LogP contribution is -2.18. The predicted octanol–water partition coefficient (Wildman–Crippen LogP) is 5.73. The van der Waals surface area contributed by atoms with Crippen LogP contribution < -0.4 is 5.56 Å². The molecule has 0 radical (unpaired) electrons. The van der Waals surface area contributed by atoms with Crippen molar-refractivity contribution in [1.82, 2.24) is 15.0 Å². The number of nitrogens with one attached hydrogen (secondary N) is 2. The molecule has 0 fully saturated rings. The predicted molar refractivity (Wildman–Crippen MR) is 127 cm³/mol. The molecule has 5 aromatic rings. The van der Waals surface area contributed by atoms with E-state index in [0.717, 1.165) is 26.5 Å². The maximum Gasteiger partial charge on any atom is 0.260 e. The summed E-state index contributed by atoms with van der Waals surface area (Å²) in [4.78, 5) is 36.6. The molecule has 0 bridgehead atoms. The Labute approximate surface area is 185 Å². The Hall–Kier alpha value is -3.77. The summed E-state index contributed by atoms with van der Waals surface area (Å²) in [6, 6.07) is 22.7. The molecule has 2 heterocycles. The van der Waals surface area contributed by atoms with Crippen LogP contribution in [0.15, 0.2) is 88.1 Å². The first-order valence-corrected chi connectivity index (χ1v) is 10.5. The number of hydrogen-bond donors (Lipinski definition) is 2. The van der Waals surface area contributed by atoms with Gasteiger partial charge in [-0.15, -0.1) is 0 Å². The topological polar surface area (TPSA) is 78.6 Å². The Balaban J connectivity index is 1.67. The Morgan fingerprint density at radius 3 is 2.48 bits per heavy atom. The molecule has 3 aromatic carbocycles. The van der Waals surface area contributed by atoms with Crippen molar-refractivity contribution in [3.63, 3.8) is 0 Å². The highest BCUT2D eigenvalue weighted by Crippen LogP contribution is 2.31. The number of fused-ring (bicyclic) bond motifs is 2. The number of allylic oxidation sites excluding steroid dienone is 1. The van der Waals surface area contributed by atoms with Crippen LogP contribution in [0.5, 0.6) is 0 Å². The van der Waals surface area contributed by atoms with Gasteiger partial charge >= 0.3 is 0 Å². The van der Waals surface area contributed by atoms with Crippen LogP contribution in [0.4, 0.5) is 0 Å². The molecule has 0 aliphatic heterocycles. The SMILES string of the molecule is O=C(C=Cc1nc2ccccc2[nH]1)c1c(-c2ccccc2)c2cc(Br)ccc2[nH]c1=O. The number of benzene rings is 3. The van der Waals surface area contributed by atoms with Crippen LogP contribution in [0.3, 0.4) is 0 Å². The second-order valence-corrected chi connectivity index (χ2v) is 8.01. The quantitative estimate of drug-likeness (QED) is 0.260. The molecule has 0 aliphatic carbocycles. The number of rotatable bonds is 4. The molecule has 0 spiro atoms. The second-order valence-electron chi connectivity index (χ2n) is 7.10. The van der Waals surface area contributed by atoms with Crippen LogP contribution in [0, 0.1) is 0 Å². The van der Waals surface area contributed by atoms with Crippen molar-refractivity contribution in [2.24, 2.45) is 0 Å². The van der Waals surface area contributed by atoms with Gasteiger partial charge in [-0.05, 0) is 48.0 Å². The fourth-order valence-corrected chi connectivity index (χ4v) is 4.06. The van der Waals surface area contributed by atoms with Gasteiger partial charge in [0.15, 0.2) is 5.78 Å². The normalized spacial score (nSPS) is 11.5. The molecule has 2 aromatic heterocycles. The standard InChI is InChI=1S/C25H16BrN3O2/c26-16-10-11-18-17(14-16)23(15-6-2-1-3-7-15)24(25(31)29-18)21(30)12-13-22-27-19-8-4-5-9-20(19)28-22/h1-14H,(H,27,28)(H,29,31). The summed E-state index contributed by atoms with van der Waals surface area (Å²) in [5.74, 6) is 0.165. The number of carbonyl (C=O) groups is 1. The minimum Gasteiger partial charge on any atom is -0.338 e. The lowest BCUT2D eigenvalue weighted by molar-refractivity contribution is 0.104. The van der Waals surface area contributed by atoms with E-state index in [2.05, 4.69) is 30.9 Å². The summed E-state index contributed by atoms with van der Waals surface area (Å²) in [6.07, 6.45) is 2.99. The third-order valence-electron chi connectivity index (χ3n) is 5.09. The van der Waals surface area contributed by atoms with Gasteiger partial charge in [-0.2, -0.15) is 0 Å². The number of halogens is 1. The number of ketones is 1. The van der Waals surface area contributed by atoms with Gasteiger partial charge in [-0.3, -0.25) is 9.59 Å². The van der Waals surface area contributed by atoms with Gasteiger partial charge in [0, 0.05) is 20.9 Å². The van der Waals surface area contributed by atoms with Crippen molar-refractivity contribution >= 4 is 49.7 Å². The highest BCUT2D eigenvalue weighted by molar-refractivity contribution is 9.10. The zero-order valence-corrected chi connectivity index (χ0v) is 17.8. The number of hydrogen-bond acceptors (Lipinski definition) is 3. The van der Waals surface area contributed by atoms with Crippen LogP contribution in [-0.4, -0.2) is 20.7 Å². The first kappa shape index (κ1) is 19.2. The van der Waals surface area contributed by atoms with Crippen LogP contribution in [0.2, 0.25) is 0 Å². The summed E-state index contributed by atoms with van der Waals surface area (Å²) >= 11 is 3.49. The van der Waals surface area contributed by atoms with E-state index in [1.54, 1.807) is 6.08 Å². The molecule has 31 heavy (non-hydrogen) atoms. The van der Waals surface area contributed by atoms with Gasteiger partial charge in [0.2, 0.25) is 0 Å². The lowest BCUT2D eigenvalue weighted by atomic mass is 9.94. The average Bonchev–Trinajstić information content (AvgIpc) is 3.20. The largest absolute Gasteiger partial charge is 0.338 e. The monoisotopic (exact) mass is 469 g/mol. The van der Waals surface area contributed by atoms with E-state index in [9.17, 15) is 9.59 Å². The fourth-order valence-electron chi connectivity index (χ4n) is 3.69. The zero-order valence-electron chi connectivity index (χ0n) is 16.2. The van der Waals surface area contributed by atoms with E-state index in [1.807, 2.05) is 72.8 Å². The Kier molecular flexibility index (Phi) is 4.84. The molecule has 0 saturated carbocycles. The molecule has 5 nitrogen and oxygen atoms in total. The van der Waals surface area contributed by atoms with Crippen LogP contribution >= 0.6 is 15.9 Å². The van der Waals surface area contributed by atoms with Gasteiger partial charge in [-0.1, -0.05) is 58.4 Å². The minimum absolute atomic E-state index is 0.101. The van der Waals surface area contributed by atoms with Crippen LogP contribution in [0.25, 0.3) is 39.1 Å². The first-order valence-electron chi connectivity index (χ1n) is 9.68. The summed E-state index contributed by atoms with van der Waals surface area (Å²) in [5.41, 5.74) is 3.46. The molecule has 5 rings (SSSR count). The number of aromatic amines is 2. The second kappa shape index (κ2) is 7.81. The van der Waals surface area contributed by atoms with Crippen molar-refractivity contribution in [2.45, 2.75) is 0 Å². The molecule has 0 aliphatic rings. The van der Waals surface area contributed by atoms with Crippen molar-refractivity contribution in [3.05, 3.63) is 105 Å². The maximum absolute atomic E-state index is 13.2. The van der Waals surface area contributed by atoms with Gasteiger partial charge in [0.25, 0.3) is 5.56 Å².